The number of fused-ring (bicyclic) bond motifs is 1. The number of urea groups is 1. The van der Waals surface area contributed by atoms with Gasteiger partial charge in [-0.3, -0.25) is 4.79 Å². The summed E-state index contributed by atoms with van der Waals surface area (Å²) in [5, 5.41) is 5.08. The Morgan fingerprint density at radius 1 is 0.968 bits per heavy atom. The predicted molar refractivity (Wildman–Crippen MR) is 123 cm³/mol. The van der Waals surface area contributed by atoms with Gasteiger partial charge in [0, 0.05) is 5.56 Å². The van der Waals surface area contributed by atoms with E-state index >= 15 is 0 Å². The second-order valence-corrected chi connectivity index (χ2v) is 9.04. The number of amides is 3. The summed E-state index contributed by atoms with van der Waals surface area (Å²) in [6, 6.07) is 22.2. The second kappa shape index (κ2) is 8.16. The molecule has 1 aliphatic rings. The Morgan fingerprint density at radius 3 is 2.32 bits per heavy atom. The van der Waals surface area contributed by atoms with Crippen molar-refractivity contribution in [2.75, 3.05) is 13.7 Å². The number of benzene rings is 3. The fraction of sp³-hybridized carbons (Fsp3) is 0.308. The van der Waals surface area contributed by atoms with Crippen LogP contribution in [0.25, 0.3) is 10.8 Å². The van der Waals surface area contributed by atoms with Crippen LogP contribution in [0.5, 0.6) is 0 Å². The van der Waals surface area contributed by atoms with E-state index in [1.807, 2.05) is 49.5 Å². The van der Waals surface area contributed by atoms with Crippen molar-refractivity contribution in [1.29, 1.82) is 0 Å². The molecule has 1 saturated heterocycles. The molecule has 0 aliphatic carbocycles. The topological polar surface area (TPSA) is 53.9 Å². The van der Waals surface area contributed by atoms with Crippen molar-refractivity contribution in [1.82, 2.24) is 10.2 Å². The van der Waals surface area contributed by atoms with Gasteiger partial charge >= 0.3 is 6.03 Å². The Bertz CT molecular complexity index is 1120. The van der Waals surface area contributed by atoms with E-state index in [0.717, 1.165) is 27.8 Å². The highest BCUT2D eigenvalue weighted by molar-refractivity contribution is 6.07. The fourth-order valence-corrected chi connectivity index (χ4v) is 4.23. The third-order valence-electron chi connectivity index (χ3n) is 6.18. The third kappa shape index (κ3) is 4.06. The van der Waals surface area contributed by atoms with Gasteiger partial charge in [0.25, 0.3) is 5.91 Å². The maximum absolute atomic E-state index is 13.3. The Labute approximate surface area is 183 Å². The second-order valence-electron chi connectivity index (χ2n) is 9.04. The van der Waals surface area contributed by atoms with Crippen molar-refractivity contribution in [3.05, 3.63) is 83.4 Å². The first kappa shape index (κ1) is 21.1. The molecule has 1 heterocycles. The van der Waals surface area contributed by atoms with E-state index in [9.17, 15) is 9.59 Å². The van der Waals surface area contributed by atoms with Gasteiger partial charge in [0.2, 0.25) is 0 Å². The van der Waals surface area contributed by atoms with Crippen molar-refractivity contribution >= 4 is 22.7 Å². The third-order valence-corrected chi connectivity index (χ3v) is 6.18. The smallest absolute Gasteiger partial charge is 0.319 e. The monoisotopic (exact) mass is 416 g/mol. The summed E-state index contributed by atoms with van der Waals surface area (Å²) in [5.41, 5.74) is 2.24. The molecule has 0 spiro atoms. The van der Waals surface area contributed by atoms with Gasteiger partial charge in [0.15, 0.2) is 6.67 Å². The number of hydrogen-bond acceptors (Lipinski definition) is 2. The molecule has 4 rings (SSSR count). The van der Waals surface area contributed by atoms with Crippen LogP contribution in [0.2, 0.25) is 0 Å². The summed E-state index contributed by atoms with van der Waals surface area (Å²) in [5.74, 6) is 0.292. The SMILES string of the molecule is CC(C)c1ccc(C[NH+](C)CN2C(=O)N[C@@](C)(c3ccc4ccccc4c3)C2=O)cc1. The van der Waals surface area contributed by atoms with Crippen molar-refractivity contribution in [2.45, 2.75) is 38.8 Å². The number of quaternary nitrogens is 1. The molecule has 0 radical (unpaired) electrons. The summed E-state index contributed by atoms with van der Waals surface area (Å²) in [4.78, 5) is 28.4. The molecular formula is C26H30N3O2+. The summed E-state index contributed by atoms with van der Waals surface area (Å²) in [6.45, 7) is 7.20. The van der Waals surface area contributed by atoms with Crippen LogP contribution in [0.15, 0.2) is 66.7 Å². The first-order valence-electron chi connectivity index (χ1n) is 10.8. The largest absolute Gasteiger partial charge is 0.329 e. The maximum Gasteiger partial charge on any atom is 0.329 e. The highest BCUT2D eigenvalue weighted by Gasteiger charge is 2.50. The lowest BCUT2D eigenvalue weighted by molar-refractivity contribution is -0.901. The molecular weight excluding hydrogens is 386 g/mol. The predicted octanol–water partition coefficient (Wildman–Crippen LogP) is 3.40. The van der Waals surface area contributed by atoms with Gasteiger partial charge in [-0.25, -0.2) is 9.69 Å². The van der Waals surface area contributed by atoms with Crippen LogP contribution in [0.1, 0.15) is 43.4 Å². The average molecular weight is 417 g/mol. The number of carbonyl (C=O) groups excluding carboxylic acids is 2. The zero-order valence-corrected chi connectivity index (χ0v) is 18.6. The highest BCUT2D eigenvalue weighted by atomic mass is 16.2. The van der Waals surface area contributed by atoms with E-state index in [1.165, 1.54) is 16.0 Å². The van der Waals surface area contributed by atoms with Crippen molar-refractivity contribution in [3.8, 4) is 0 Å². The molecule has 2 atom stereocenters. The summed E-state index contributed by atoms with van der Waals surface area (Å²) >= 11 is 0. The number of carbonyl (C=O) groups is 2. The van der Waals surface area contributed by atoms with Crippen LogP contribution < -0.4 is 10.2 Å². The minimum absolute atomic E-state index is 0.206. The van der Waals surface area contributed by atoms with Crippen LogP contribution in [0.3, 0.4) is 0 Å². The number of hydrogen-bond donors (Lipinski definition) is 2. The quantitative estimate of drug-likeness (QED) is 0.605. The van der Waals surface area contributed by atoms with Gasteiger partial charge in [-0.2, -0.15) is 0 Å². The van der Waals surface area contributed by atoms with Gasteiger partial charge in [0.1, 0.15) is 12.1 Å². The van der Waals surface area contributed by atoms with Gasteiger partial charge in [-0.15, -0.1) is 0 Å². The zero-order valence-electron chi connectivity index (χ0n) is 18.6. The van der Waals surface area contributed by atoms with Crippen LogP contribution >= 0.6 is 0 Å². The Balaban J connectivity index is 1.49. The van der Waals surface area contributed by atoms with E-state index in [0.29, 0.717) is 12.6 Å². The van der Waals surface area contributed by atoms with E-state index in [4.69, 9.17) is 0 Å². The molecule has 1 fully saturated rings. The zero-order chi connectivity index (χ0) is 22.2. The Hall–Kier alpha value is -3.18. The minimum atomic E-state index is -1.06. The molecule has 3 amide bonds. The number of nitrogens with one attached hydrogen (secondary N) is 2. The lowest BCUT2D eigenvalue weighted by atomic mass is 9.90. The molecule has 2 N–H and O–H groups in total. The lowest BCUT2D eigenvalue weighted by Crippen LogP contribution is -3.09. The maximum atomic E-state index is 13.3. The molecule has 160 valence electrons. The summed E-state index contributed by atoms with van der Waals surface area (Å²) in [7, 11) is 2.00. The van der Waals surface area contributed by atoms with Crippen molar-refractivity contribution < 1.29 is 14.5 Å². The van der Waals surface area contributed by atoms with Crippen molar-refractivity contribution in [2.24, 2.45) is 0 Å². The summed E-state index contributed by atoms with van der Waals surface area (Å²) < 4.78 is 0. The molecule has 5 nitrogen and oxygen atoms in total. The first-order chi connectivity index (χ1) is 14.8. The fourth-order valence-electron chi connectivity index (χ4n) is 4.23. The normalized spacial score (nSPS) is 19.8. The van der Waals surface area contributed by atoms with E-state index in [1.54, 1.807) is 6.92 Å². The average Bonchev–Trinajstić information content (AvgIpc) is 2.97. The highest BCUT2D eigenvalue weighted by Crippen LogP contribution is 2.30. The van der Waals surface area contributed by atoms with Crippen LogP contribution in [-0.4, -0.2) is 30.6 Å². The van der Waals surface area contributed by atoms with Gasteiger partial charge in [0.05, 0.1) is 7.05 Å². The molecule has 0 saturated carbocycles. The van der Waals surface area contributed by atoms with E-state index in [-0.39, 0.29) is 11.9 Å². The molecule has 3 aromatic carbocycles. The first-order valence-corrected chi connectivity index (χ1v) is 10.8. The van der Waals surface area contributed by atoms with Crippen molar-refractivity contribution in [3.63, 3.8) is 0 Å². The number of imide groups is 1. The molecule has 31 heavy (non-hydrogen) atoms. The number of nitrogens with zero attached hydrogens (tertiary/aromatic N) is 1. The molecule has 0 bridgehead atoms. The minimum Gasteiger partial charge on any atom is -0.319 e. The molecule has 3 aromatic rings. The van der Waals surface area contributed by atoms with E-state index < -0.39 is 5.54 Å². The van der Waals surface area contributed by atoms with Crippen LogP contribution in [-0.2, 0) is 16.9 Å². The lowest BCUT2D eigenvalue weighted by Gasteiger charge is -2.24. The molecule has 5 heteroatoms. The molecule has 1 aliphatic heterocycles. The van der Waals surface area contributed by atoms with E-state index in [2.05, 4.69) is 43.4 Å². The Morgan fingerprint density at radius 2 is 1.65 bits per heavy atom. The Kier molecular flexibility index (Phi) is 5.54. The standard InChI is InChI=1S/C26H29N3O2/c1-18(2)20-11-9-19(10-12-20)16-28(4)17-29-24(30)26(3,27-25(29)31)23-14-13-21-7-5-6-8-22(21)15-23/h5-15,18H,16-17H2,1-4H3,(H,27,31)/p+1/t26-/m0/s1. The van der Waals surface area contributed by atoms with Crippen LogP contribution in [0, 0.1) is 0 Å². The molecule has 1 unspecified atom stereocenters. The van der Waals surface area contributed by atoms with Crippen LogP contribution in [0.4, 0.5) is 4.79 Å². The number of rotatable bonds is 6. The summed E-state index contributed by atoms with van der Waals surface area (Å²) in [6.07, 6.45) is 0. The van der Waals surface area contributed by atoms with Gasteiger partial charge < -0.3 is 10.2 Å². The molecule has 0 aromatic heterocycles. The van der Waals surface area contributed by atoms with Gasteiger partial charge in [-0.05, 0) is 40.8 Å². The van der Waals surface area contributed by atoms with Gasteiger partial charge in [-0.1, -0.05) is 74.5 Å².